The Morgan fingerprint density at radius 1 is 0.709 bits per heavy atom. The van der Waals surface area contributed by atoms with Gasteiger partial charge in [-0.1, -0.05) is 117 Å². The summed E-state index contributed by atoms with van der Waals surface area (Å²) in [6, 6.07) is 36.2. The van der Waals surface area contributed by atoms with Crippen molar-refractivity contribution in [3.63, 3.8) is 0 Å². The predicted molar refractivity (Wildman–Crippen MR) is 232 cm³/mol. The van der Waals surface area contributed by atoms with E-state index in [2.05, 4.69) is 164 Å². The highest BCUT2D eigenvalue weighted by molar-refractivity contribution is 6.09. The van der Waals surface area contributed by atoms with Crippen LogP contribution in [0.5, 0.6) is 0 Å². The number of nitrogens with zero attached hydrogens (tertiary/aromatic N) is 1. The Hall–Kier alpha value is -5.86. The minimum absolute atomic E-state index is 0.0333. The van der Waals surface area contributed by atoms with Gasteiger partial charge in [-0.3, -0.25) is 0 Å². The minimum atomic E-state index is -0.0333. The van der Waals surface area contributed by atoms with Gasteiger partial charge in [-0.05, 0) is 143 Å². The van der Waals surface area contributed by atoms with E-state index in [1.807, 2.05) is 0 Å². The summed E-state index contributed by atoms with van der Waals surface area (Å²) in [7, 11) is 0. The lowest BCUT2D eigenvalue weighted by Gasteiger charge is -2.31. The van der Waals surface area contributed by atoms with Gasteiger partial charge in [0.1, 0.15) is 11.2 Å². The number of fused-ring (bicyclic) bond motifs is 8. The molecular weight excluding hydrogens is 667 g/mol. The van der Waals surface area contributed by atoms with Gasteiger partial charge >= 0.3 is 0 Å². The topological polar surface area (TPSA) is 16.4 Å². The van der Waals surface area contributed by atoms with E-state index in [1.54, 1.807) is 0 Å². The monoisotopic (exact) mass is 711 g/mol. The lowest BCUT2D eigenvalue weighted by molar-refractivity contribution is 0.639. The molecule has 0 N–H and O–H groups in total. The number of rotatable bonds is 5. The molecule has 0 saturated carbocycles. The van der Waals surface area contributed by atoms with Crippen molar-refractivity contribution in [2.45, 2.75) is 70.1 Å². The summed E-state index contributed by atoms with van der Waals surface area (Å²) in [5.74, 6) is 0.241. The highest BCUT2D eigenvalue weighted by atomic mass is 16.3. The fourth-order valence-corrected chi connectivity index (χ4v) is 10.2. The molecule has 0 saturated heterocycles. The smallest absolute Gasteiger partial charge is 0.139 e. The van der Waals surface area contributed by atoms with E-state index in [4.69, 9.17) is 4.42 Å². The first kappa shape index (κ1) is 32.6. The van der Waals surface area contributed by atoms with Crippen LogP contribution in [0.2, 0.25) is 0 Å². The van der Waals surface area contributed by atoms with Gasteiger partial charge in [-0.25, -0.2) is 0 Å². The Balaban J connectivity index is 1.06. The van der Waals surface area contributed by atoms with Crippen LogP contribution >= 0.6 is 0 Å². The van der Waals surface area contributed by atoms with Crippen molar-refractivity contribution in [1.82, 2.24) is 0 Å². The molecule has 1 atom stereocenters. The Kier molecular flexibility index (Phi) is 7.46. The summed E-state index contributed by atoms with van der Waals surface area (Å²) in [4.78, 5) is 2.50. The first-order valence-corrected chi connectivity index (χ1v) is 20.3. The molecule has 1 aromatic heterocycles. The van der Waals surface area contributed by atoms with Gasteiger partial charge in [-0.2, -0.15) is 0 Å². The van der Waals surface area contributed by atoms with Crippen molar-refractivity contribution in [3.05, 3.63) is 189 Å². The molecule has 1 unspecified atom stereocenters. The second-order valence-corrected chi connectivity index (χ2v) is 16.5. The maximum absolute atomic E-state index is 7.02. The van der Waals surface area contributed by atoms with Crippen molar-refractivity contribution in [1.29, 1.82) is 0 Å². The van der Waals surface area contributed by atoms with E-state index < -0.39 is 0 Å². The zero-order valence-electron chi connectivity index (χ0n) is 31.7. The highest BCUT2D eigenvalue weighted by Gasteiger charge is 2.40. The van der Waals surface area contributed by atoms with Crippen LogP contribution in [0.1, 0.15) is 96.4 Å². The number of furan rings is 1. The Bertz CT molecular complexity index is 2760. The molecule has 268 valence electrons. The fraction of sp³-hybridized carbons (Fsp3) is 0.208. The Morgan fingerprint density at radius 2 is 1.51 bits per heavy atom. The second kappa shape index (κ2) is 12.6. The third-order valence-electron chi connectivity index (χ3n) is 13.0. The van der Waals surface area contributed by atoms with E-state index in [9.17, 15) is 0 Å². The average Bonchev–Trinajstić information content (AvgIpc) is 3.71. The molecular formula is C53H45NO. The van der Waals surface area contributed by atoms with Crippen molar-refractivity contribution in [2.24, 2.45) is 0 Å². The summed E-state index contributed by atoms with van der Waals surface area (Å²) in [5, 5.41) is 2.43. The lowest BCUT2D eigenvalue weighted by Crippen LogP contribution is -2.18. The van der Waals surface area contributed by atoms with Gasteiger partial charge in [0.25, 0.3) is 0 Å². The molecule has 0 fully saturated rings. The average molecular weight is 712 g/mol. The van der Waals surface area contributed by atoms with Gasteiger partial charge in [0.2, 0.25) is 0 Å². The summed E-state index contributed by atoms with van der Waals surface area (Å²) >= 11 is 0. The fourth-order valence-electron chi connectivity index (χ4n) is 10.2. The SMILES string of the molecule is CC1(C)C2=CC(c3c4c(cc5c3oc3ccc(N(C6=CC=C(c7ccccc7)CC6)c6ccc7c(c6)C=CCC7)cc35)CCC=C4)CC=C2c2ccccc21. The quantitative estimate of drug-likeness (QED) is 0.177. The van der Waals surface area contributed by atoms with Crippen molar-refractivity contribution in [3.8, 4) is 0 Å². The number of aryl methyl sites for hydroxylation is 2. The molecule has 0 radical (unpaired) electrons. The summed E-state index contributed by atoms with van der Waals surface area (Å²) < 4.78 is 7.02. The highest BCUT2D eigenvalue weighted by Crippen LogP contribution is 2.54. The molecule has 6 aromatic rings. The van der Waals surface area contributed by atoms with Crippen LogP contribution in [-0.2, 0) is 18.3 Å². The number of allylic oxidation sites excluding steroid dienone is 10. The molecule has 2 nitrogen and oxygen atoms in total. The number of benzene rings is 5. The van der Waals surface area contributed by atoms with Crippen LogP contribution < -0.4 is 4.90 Å². The van der Waals surface area contributed by atoms with E-state index >= 15 is 0 Å². The van der Waals surface area contributed by atoms with Crippen LogP contribution in [0, 0.1) is 0 Å². The van der Waals surface area contributed by atoms with Crippen molar-refractivity contribution >= 4 is 56.6 Å². The molecule has 5 aliphatic rings. The zero-order valence-corrected chi connectivity index (χ0v) is 31.7. The molecule has 1 heterocycles. The standard InChI is InChI=1S/C53H45NO/c1-53(2)48-19-11-10-18-44(48)45-28-23-39(32-49(45)53)51-43-17-9-8-16-38(43)31-47-46-33-42(27-29-50(46)55-52(47)51)54(41-26-22-35-14-6-7-15-37(35)30-41)40-24-20-36(21-25-40)34-12-4-3-5-13-34/h3-5,7,9-13,15,17-20,22,24,26-33,39H,6,8,14,16,21,23,25H2,1-2H3. The summed E-state index contributed by atoms with van der Waals surface area (Å²) in [6.45, 7) is 4.79. The number of hydrogen-bond acceptors (Lipinski definition) is 2. The molecule has 0 amide bonds. The molecule has 0 bridgehead atoms. The predicted octanol–water partition coefficient (Wildman–Crippen LogP) is 14.2. The van der Waals surface area contributed by atoms with Gasteiger partial charge < -0.3 is 9.32 Å². The van der Waals surface area contributed by atoms with Crippen LogP contribution in [0.4, 0.5) is 11.4 Å². The lowest BCUT2D eigenvalue weighted by atomic mass is 9.75. The maximum atomic E-state index is 7.02. The summed E-state index contributed by atoms with van der Waals surface area (Å²) in [5.41, 5.74) is 21.0. The molecule has 0 spiro atoms. The van der Waals surface area contributed by atoms with Crippen molar-refractivity contribution in [2.75, 3.05) is 4.90 Å². The molecule has 11 rings (SSSR count). The zero-order chi connectivity index (χ0) is 36.7. The van der Waals surface area contributed by atoms with E-state index in [0.717, 1.165) is 56.1 Å². The molecule has 5 aromatic carbocycles. The van der Waals surface area contributed by atoms with E-state index in [0.29, 0.717) is 0 Å². The third-order valence-corrected chi connectivity index (χ3v) is 13.0. The van der Waals surface area contributed by atoms with Gasteiger partial charge in [0.15, 0.2) is 0 Å². The number of hydrogen-bond donors (Lipinski definition) is 0. The van der Waals surface area contributed by atoms with Gasteiger partial charge in [-0.15, -0.1) is 0 Å². The molecule has 55 heavy (non-hydrogen) atoms. The van der Waals surface area contributed by atoms with Crippen LogP contribution in [-0.4, -0.2) is 0 Å². The Labute approximate surface area is 324 Å². The van der Waals surface area contributed by atoms with E-state index in [-0.39, 0.29) is 11.3 Å². The van der Waals surface area contributed by atoms with Gasteiger partial charge in [0, 0.05) is 44.7 Å². The second-order valence-electron chi connectivity index (χ2n) is 16.5. The Morgan fingerprint density at radius 3 is 2.38 bits per heavy atom. The first-order chi connectivity index (χ1) is 27.0. The van der Waals surface area contributed by atoms with Crippen LogP contribution in [0.25, 0.3) is 45.2 Å². The van der Waals surface area contributed by atoms with Gasteiger partial charge in [0.05, 0.1) is 0 Å². The third kappa shape index (κ3) is 5.22. The number of anilines is 2. The molecule has 0 aliphatic heterocycles. The van der Waals surface area contributed by atoms with Crippen LogP contribution in [0.15, 0.2) is 149 Å². The molecule has 5 aliphatic carbocycles. The van der Waals surface area contributed by atoms with Crippen molar-refractivity contribution < 1.29 is 4.42 Å². The minimum Gasteiger partial charge on any atom is -0.456 e. The normalized spacial score (nSPS) is 19.2. The summed E-state index contributed by atoms with van der Waals surface area (Å²) in [6.07, 6.45) is 26.4. The van der Waals surface area contributed by atoms with E-state index in [1.165, 1.54) is 89.1 Å². The maximum Gasteiger partial charge on any atom is 0.139 e. The first-order valence-electron chi connectivity index (χ1n) is 20.3. The molecule has 2 heteroatoms. The largest absolute Gasteiger partial charge is 0.456 e. The van der Waals surface area contributed by atoms with Crippen LogP contribution in [0.3, 0.4) is 0 Å².